The van der Waals surface area contributed by atoms with Crippen molar-refractivity contribution in [1.82, 2.24) is 0 Å². The summed E-state index contributed by atoms with van der Waals surface area (Å²) in [5.41, 5.74) is 1.57. The third-order valence-corrected chi connectivity index (χ3v) is 3.74. The summed E-state index contributed by atoms with van der Waals surface area (Å²) < 4.78 is 16.1. The Bertz CT molecular complexity index is 746. The van der Waals surface area contributed by atoms with Crippen LogP contribution in [-0.4, -0.2) is 32.2 Å². The molecule has 0 heterocycles. The van der Waals surface area contributed by atoms with Crippen molar-refractivity contribution in [3.8, 4) is 11.5 Å². The molecule has 2 aromatic carbocycles. The number of carbonyl (C=O) groups excluding carboxylic acids is 2. The van der Waals surface area contributed by atoms with Gasteiger partial charge in [-0.25, -0.2) is 4.79 Å². The van der Waals surface area contributed by atoms with Crippen LogP contribution >= 0.6 is 15.9 Å². The highest BCUT2D eigenvalue weighted by molar-refractivity contribution is 9.10. The molecule has 7 heteroatoms. The first-order chi connectivity index (χ1) is 12.0. The van der Waals surface area contributed by atoms with Crippen LogP contribution in [0.25, 0.3) is 0 Å². The van der Waals surface area contributed by atoms with Gasteiger partial charge in [0.15, 0.2) is 13.2 Å². The predicted molar refractivity (Wildman–Crippen MR) is 97.0 cm³/mol. The maximum absolute atomic E-state index is 11.8. The minimum atomic E-state index is -0.626. The molecule has 1 amide bonds. The summed E-state index contributed by atoms with van der Waals surface area (Å²) in [7, 11) is 1.56. The number of ether oxygens (including phenoxy) is 3. The number of methoxy groups -OCH3 is 1. The fraction of sp³-hybridized carbons (Fsp3) is 0.222. The molecular weight excluding hydrogens is 390 g/mol. The summed E-state index contributed by atoms with van der Waals surface area (Å²) in [4.78, 5) is 23.5. The number of hydrogen-bond acceptors (Lipinski definition) is 5. The molecule has 0 saturated heterocycles. The number of nitrogens with one attached hydrogen (secondary N) is 1. The topological polar surface area (TPSA) is 73.9 Å². The number of anilines is 1. The van der Waals surface area contributed by atoms with Crippen molar-refractivity contribution in [2.24, 2.45) is 0 Å². The van der Waals surface area contributed by atoms with Crippen molar-refractivity contribution in [3.05, 3.63) is 52.5 Å². The van der Waals surface area contributed by atoms with Crippen LogP contribution in [-0.2, 0) is 14.3 Å². The number of aryl methyl sites for hydroxylation is 1. The molecule has 0 aliphatic heterocycles. The van der Waals surface area contributed by atoms with E-state index in [4.69, 9.17) is 14.2 Å². The smallest absolute Gasteiger partial charge is 0.344 e. The highest BCUT2D eigenvalue weighted by Gasteiger charge is 2.10. The normalized spacial score (nSPS) is 10.0. The van der Waals surface area contributed by atoms with Crippen LogP contribution in [0.4, 0.5) is 5.69 Å². The van der Waals surface area contributed by atoms with Crippen molar-refractivity contribution in [1.29, 1.82) is 0 Å². The summed E-state index contributed by atoms with van der Waals surface area (Å²) in [5, 5.41) is 2.69. The lowest BCUT2D eigenvalue weighted by Gasteiger charge is -2.10. The average Bonchev–Trinajstić information content (AvgIpc) is 2.61. The summed E-state index contributed by atoms with van der Waals surface area (Å²) >= 11 is 3.35. The summed E-state index contributed by atoms with van der Waals surface area (Å²) in [6.07, 6.45) is 0. The molecule has 0 spiro atoms. The highest BCUT2D eigenvalue weighted by Crippen LogP contribution is 2.20. The first kappa shape index (κ1) is 18.8. The number of carbonyl (C=O) groups is 2. The van der Waals surface area contributed by atoms with Gasteiger partial charge in [0.1, 0.15) is 11.5 Å². The van der Waals surface area contributed by atoms with E-state index >= 15 is 0 Å². The SMILES string of the molecule is COc1ccc(OCC(=O)OCC(=O)Nc2ccc(Br)cc2C)cc1. The van der Waals surface area contributed by atoms with Gasteiger partial charge in [0.25, 0.3) is 5.91 Å². The van der Waals surface area contributed by atoms with Crippen LogP contribution in [0.2, 0.25) is 0 Å². The van der Waals surface area contributed by atoms with E-state index in [0.717, 1.165) is 10.0 Å². The van der Waals surface area contributed by atoms with Gasteiger partial charge in [0.2, 0.25) is 0 Å². The van der Waals surface area contributed by atoms with Crippen LogP contribution < -0.4 is 14.8 Å². The Kier molecular flexibility index (Phi) is 6.82. The zero-order valence-corrected chi connectivity index (χ0v) is 15.5. The lowest BCUT2D eigenvalue weighted by Crippen LogP contribution is -2.24. The molecule has 0 saturated carbocycles. The van der Waals surface area contributed by atoms with Gasteiger partial charge in [0, 0.05) is 10.2 Å². The second-order valence-electron chi connectivity index (χ2n) is 5.13. The zero-order chi connectivity index (χ0) is 18.2. The lowest BCUT2D eigenvalue weighted by atomic mass is 10.2. The Labute approximate surface area is 154 Å². The van der Waals surface area contributed by atoms with E-state index in [-0.39, 0.29) is 13.2 Å². The first-order valence-corrected chi connectivity index (χ1v) is 8.25. The zero-order valence-electron chi connectivity index (χ0n) is 13.9. The van der Waals surface area contributed by atoms with Gasteiger partial charge >= 0.3 is 5.97 Å². The molecule has 25 heavy (non-hydrogen) atoms. The number of hydrogen-bond donors (Lipinski definition) is 1. The van der Waals surface area contributed by atoms with E-state index in [2.05, 4.69) is 21.2 Å². The van der Waals surface area contributed by atoms with Gasteiger partial charge in [-0.3, -0.25) is 4.79 Å². The predicted octanol–water partition coefficient (Wildman–Crippen LogP) is 3.33. The monoisotopic (exact) mass is 407 g/mol. The number of esters is 1. The second kappa shape index (κ2) is 9.08. The Hall–Kier alpha value is -2.54. The highest BCUT2D eigenvalue weighted by atomic mass is 79.9. The minimum absolute atomic E-state index is 0.281. The standard InChI is InChI=1S/C18H18BrNO5/c1-12-9-13(19)3-8-16(12)20-17(21)10-25-18(22)11-24-15-6-4-14(23-2)5-7-15/h3-9H,10-11H2,1-2H3,(H,20,21). The van der Waals surface area contributed by atoms with Crippen molar-refractivity contribution >= 4 is 33.5 Å². The molecule has 0 aliphatic rings. The number of benzene rings is 2. The van der Waals surface area contributed by atoms with Crippen LogP contribution in [0.15, 0.2) is 46.9 Å². The maximum atomic E-state index is 11.8. The molecule has 0 unspecified atom stereocenters. The molecule has 0 atom stereocenters. The quantitative estimate of drug-likeness (QED) is 0.712. The van der Waals surface area contributed by atoms with E-state index in [1.165, 1.54) is 0 Å². The Morgan fingerprint density at radius 2 is 1.72 bits per heavy atom. The number of amides is 1. The Balaban J connectivity index is 1.74. The van der Waals surface area contributed by atoms with Crippen molar-refractivity contribution in [3.63, 3.8) is 0 Å². The molecule has 1 N–H and O–H groups in total. The Morgan fingerprint density at radius 1 is 1.04 bits per heavy atom. The summed E-state index contributed by atoms with van der Waals surface area (Å²) in [6, 6.07) is 12.3. The second-order valence-corrected chi connectivity index (χ2v) is 6.05. The molecule has 0 fully saturated rings. The molecule has 6 nitrogen and oxygen atoms in total. The Morgan fingerprint density at radius 3 is 2.36 bits per heavy atom. The largest absolute Gasteiger partial charge is 0.497 e. The van der Waals surface area contributed by atoms with Crippen LogP contribution in [0.1, 0.15) is 5.56 Å². The number of halogens is 1. The van der Waals surface area contributed by atoms with Gasteiger partial charge in [0.05, 0.1) is 7.11 Å². The minimum Gasteiger partial charge on any atom is -0.497 e. The summed E-state index contributed by atoms with van der Waals surface area (Å²) in [5.74, 6) is 0.157. The van der Waals surface area contributed by atoms with E-state index < -0.39 is 11.9 Å². The third kappa shape index (κ3) is 6.11. The van der Waals surface area contributed by atoms with Crippen molar-refractivity contribution in [2.75, 3.05) is 25.6 Å². The molecule has 0 bridgehead atoms. The molecule has 0 aliphatic carbocycles. The average molecular weight is 408 g/mol. The van der Waals surface area contributed by atoms with Crippen LogP contribution in [0, 0.1) is 6.92 Å². The number of rotatable bonds is 7. The molecule has 132 valence electrons. The summed E-state index contributed by atoms with van der Waals surface area (Å²) in [6.45, 7) is 1.21. The van der Waals surface area contributed by atoms with Gasteiger partial charge in [-0.2, -0.15) is 0 Å². The molecule has 2 aromatic rings. The maximum Gasteiger partial charge on any atom is 0.344 e. The first-order valence-electron chi connectivity index (χ1n) is 7.46. The van der Waals surface area contributed by atoms with Crippen molar-refractivity contribution in [2.45, 2.75) is 6.92 Å². The fourth-order valence-corrected chi connectivity index (χ4v) is 2.43. The third-order valence-electron chi connectivity index (χ3n) is 3.24. The van der Waals surface area contributed by atoms with Gasteiger partial charge < -0.3 is 19.5 Å². The van der Waals surface area contributed by atoms with Gasteiger partial charge in [-0.05, 0) is 55.0 Å². The van der Waals surface area contributed by atoms with Crippen LogP contribution in [0.3, 0.4) is 0 Å². The van der Waals surface area contributed by atoms with Gasteiger partial charge in [-0.1, -0.05) is 15.9 Å². The van der Waals surface area contributed by atoms with Gasteiger partial charge in [-0.15, -0.1) is 0 Å². The molecule has 2 rings (SSSR count). The van der Waals surface area contributed by atoms with E-state index in [0.29, 0.717) is 17.2 Å². The van der Waals surface area contributed by atoms with Crippen LogP contribution in [0.5, 0.6) is 11.5 Å². The molecule has 0 aromatic heterocycles. The molecular formula is C18H18BrNO5. The molecule has 0 radical (unpaired) electrons. The van der Waals surface area contributed by atoms with E-state index in [1.807, 2.05) is 19.1 Å². The van der Waals surface area contributed by atoms with E-state index in [1.54, 1.807) is 37.4 Å². The fourth-order valence-electron chi connectivity index (χ4n) is 1.96. The van der Waals surface area contributed by atoms with E-state index in [9.17, 15) is 9.59 Å². The van der Waals surface area contributed by atoms with Crippen molar-refractivity contribution < 1.29 is 23.8 Å². The lowest BCUT2D eigenvalue weighted by molar-refractivity contribution is -0.149.